The monoisotopic (exact) mass is 274 g/mol. The van der Waals surface area contributed by atoms with Crippen LogP contribution in [0.1, 0.15) is 16.5 Å². The number of hydrogen-bond acceptors (Lipinski definition) is 5. The number of nitrogens with one attached hydrogen (secondary N) is 1. The molecule has 6 heteroatoms. The van der Waals surface area contributed by atoms with E-state index in [0.717, 1.165) is 20.5 Å². The summed E-state index contributed by atoms with van der Waals surface area (Å²) < 4.78 is 14.2. The van der Waals surface area contributed by atoms with Crippen molar-refractivity contribution in [1.29, 1.82) is 0 Å². The Hall–Kier alpha value is -1.89. The summed E-state index contributed by atoms with van der Waals surface area (Å²) in [5.74, 6) is 5.38. The zero-order valence-corrected chi connectivity index (χ0v) is 10.7. The van der Waals surface area contributed by atoms with Gasteiger partial charge in [-0.2, -0.15) is 0 Å². The van der Waals surface area contributed by atoms with Gasteiger partial charge >= 0.3 is 0 Å². The van der Waals surface area contributed by atoms with Gasteiger partial charge in [-0.25, -0.2) is 19.8 Å². The molecule has 0 spiro atoms. The molecule has 0 saturated heterocycles. The van der Waals surface area contributed by atoms with E-state index in [1.165, 1.54) is 18.5 Å². The van der Waals surface area contributed by atoms with E-state index in [1.54, 1.807) is 29.8 Å². The molecule has 3 rings (SSSR count). The fourth-order valence-corrected chi connectivity index (χ4v) is 3.11. The first-order valence-electron chi connectivity index (χ1n) is 5.68. The maximum absolute atomic E-state index is 13.2. The molecular weight excluding hydrogens is 263 g/mol. The first kappa shape index (κ1) is 12.2. The predicted octanol–water partition coefficient (Wildman–Crippen LogP) is 2.38. The van der Waals surface area contributed by atoms with Crippen LogP contribution in [-0.2, 0) is 0 Å². The Morgan fingerprint density at radius 3 is 2.74 bits per heavy atom. The Balaban J connectivity index is 2.07. The molecule has 0 aliphatic heterocycles. The standard InChI is InChI=1S/C13H11FN4S/c14-10-1-2-11-8(3-10)4-12(19-11)13(18-15)9-5-16-7-17-6-9/h1-7,13,18H,15H2. The summed E-state index contributed by atoms with van der Waals surface area (Å²) in [7, 11) is 0. The van der Waals surface area contributed by atoms with Crippen LogP contribution in [0.15, 0.2) is 43.0 Å². The molecular formula is C13H11FN4S. The minimum Gasteiger partial charge on any atom is -0.271 e. The second-order valence-corrected chi connectivity index (χ2v) is 5.22. The highest BCUT2D eigenvalue weighted by Gasteiger charge is 2.16. The quantitative estimate of drug-likeness (QED) is 0.568. The molecule has 96 valence electrons. The van der Waals surface area contributed by atoms with Gasteiger partial charge in [0.05, 0.1) is 6.04 Å². The van der Waals surface area contributed by atoms with E-state index in [-0.39, 0.29) is 11.9 Å². The van der Waals surface area contributed by atoms with Gasteiger partial charge in [0, 0.05) is 27.5 Å². The van der Waals surface area contributed by atoms with E-state index >= 15 is 0 Å². The zero-order valence-electron chi connectivity index (χ0n) is 9.88. The van der Waals surface area contributed by atoms with Gasteiger partial charge in [0.2, 0.25) is 0 Å². The lowest BCUT2D eigenvalue weighted by atomic mass is 10.1. The van der Waals surface area contributed by atoms with Crippen LogP contribution in [0.5, 0.6) is 0 Å². The molecule has 0 aliphatic rings. The lowest BCUT2D eigenvalue weighted by Crippen LogP contribution is -2.28. The first-order valence-corrected chi connectivity index (χ1v) is 6.49. The van der Waals surface area contributed by atoms with Crippen molar-refractivity contribution in [2.45, 2.75) is 6.04 Å². The number of thiophene rings is 1. The number of nitrogens with zero attached hydrogens (tertiary/aromatic N) is 2. The molecule has 2 heterocycles. The van der Waals surface area contributed by atoms with E-state index in [1.807, 2.05) is 6.07 Å². The van der Waals surface area contributed by atoms with Crippen molar-refractivity contribution >= 4 is 21.4 Å². The number of rotatable bonds is 3. The topological polar surface area (TPSA) is 63.8 Å². The number of nitrogens with two attached hydrogens (primary N) is 1. The lowest BCUT2D eigenvalue weighted by Gasteiger charge is -2.13. The van der Waals surface area contributed by atoms with Crippen LogP contribution < -0.4 is 11.3 Å². The molecule has 4 nitrogen and oxygen atoms in total. The molecule has 3 N–H and O–H groups in total. The van der Waals surface area contributed by atoms with Gasteiger partial charge in [-0.05, 0) is 29.7 Å². The van der Waals surface area contributed by atoms with Gasteiger partial charge in [0.15, 0.2) is 0 Å². The van der Waals surface area contributed by atoms with Gasteiger partial charge in [0.25, 0.3) is 0 Å². The molecule has 1 atom stereocenters. The van der Waals surface area contributed by atoms with Crippen LogP contribution >= 0.6 is 11.3 Å². The Morgan fingerprint density at radius 2 is 2.00 bits per heavy atom. The fraction of sp³-hybridized carbons (Fsp3) is 0.0769. The van der Waals surface area contributed by atoms with Crippen molar-refractivity contribution in [2.75, 3.05) is 0 Å². The van der Waals surface area contributed by atoms with Gasteiger partial charge in [-0.15, -0.1) is 11.3 Å². The normalized spacial score (nSPS) is 12.7. The molecule has 0 bridgehead atoms. The van der Waals surface area contributed by atoms with Crippen molar-refractivity contribution < 1.29 is 4.39 Å². The summed E-state index contributed by atoms with van der Waals surface area (Å²) >= 11 is 1.57. The average molecular weight is 274 g/mol. The number of hydrogen-bond donors (Lipinski definition) is 2. The molecule has 3 aromatic rings. The maximum Gasteiger partial charge on any atom is 0.123 e. The van der Waals surface area contributed by atoms with Crippen molar-refractivity contribution in [1.82, 2.24) is 15.4 Å². The molecule has 0 aliphatic carbocycles. The van der Waals surface area contributed by atoms with Crippen LogP contribution in [0.25, 0.3) is 10.1 Å². The molecule has 19 heavy (non-hydrogen) atoms. The van der Waals surface area contributed by atoms with Crippen molar-refractivity contribution in [3.63, 3.8) is 0 Å². The van der Waals surface area contributed by atoms with Gasteiger partial charge in [-0.1, -0.05) is 0 Å². The Labute approximate surface area is 113 Å². The number of fused-ring (bicyclic) bond motifs is 1. The number of halogens is 1. The SMILES string of the molecule is NNC(c1cncnc1)c1cc2cc(F)ccc2s1. The molecule has 0 fully saturated rings. The summed E-state index contributed by atoms with van der Waals surface area (Å²) in [4.78, 5) is 8.97. The minimum absolute atomic E-state index is 0.193. The fourth-order valence-electron chi connectivity index (χ4n) is 1.98. The highest BCUT2D eigenvalue weighted by atomic mass is 32.1. The van der Waals surface area contributed by atoms with Gasteiger partial charge < -0.3 is 0 Å². The second kappa shape index (κ2) is 5.00. The Kier molecular flexibility index (Phi) is 3.20. The van der Waals surface area contributed by atoms with E-state index < -0.39 is 0 Å². The van der Waals surface area contributed by atoms with Crippen LogP contribution in [0.4, 0.5) is 4.39 Å². The number of aromatic nitrogens is 2. The summed E-state index contributed by atoms with van der Waals surface area (Å²) in [5.41, 5.74) is 3.62. The van der Waals surface area contributed by atoms with Crippen molar-refractivity contribution in [3.8, 4) is 0 Å². The lowest BCUT2D eigenvalue weighted by molar-refractivity contribution is 0.629. The minimum atomic E-state index is -0.239. The smallest absolute Gasteiger partial charge is 0.123 e. The highest BCUT2D eigenvalue weighted by molar-refractivity contribution is 7.19. The third-order valence-electron chi connectivity index (χ3n) is 2.86. The average Bonchev–Trinajstić information content (AvgIpc) is 2.83. The van der Waals surface area contributed by atoms with Crippen LogP contribution in [0, 0.1) is 5.82 Å². The largest absolute Gasteiger partial charge is 0.271 e. The zero-order chi connectivity index (χ0) is 13.2. The van der Waals surface area contributed by atoms with Gasteiger partial charge in [0.1, 0.15) is 12.1 Å². The van der Waals surface area contributed by atoms with E-state index in [2.05, 4.69) is 15.4 Å². The summed E-state index contributed by atoms with van der Waals surface area (Å²) in [5, 5.41) is 0.872. The number of benzene rings is 1. The Morgan fingerprint density at radius 1 is 1.21 bits per heavy atom. The molecule has 0 radical (unpaired) electrons. The van der Waals surface area contributed by atoms with Gasteiger partial charge in [-0.3, -0.25) is 5.84 Å². The molecule has 2 aromatic heterocycles. The molecule has 0 amide bonds. The van der Waals surface area contributed by atoms with E-state index in [4.69, 9.17) is 5.84 Å². The summed E-state index contributed by atoms with van der Waals surface area (Å²) in [6.45, 7) is 0. The number of hydrazine groups is 1. The first-order chi connectivity index (χ1) is 9.28. The maximum atomic E-state index is 13.2. The van der Waals surface area contributed by atoms with Crippen molar-refractivity contribution in [2.24, 2.45) is 5.84 Å². The predicted molar refractivity (Wildman–Crippen MR) is 73.0 cm³/mol. The Bertz CT molecular complexity index is 698. The summed E-state index contributed by atoms with van der Waals surface area (Å²) in [6.07, 6.45) is 4.89. The molecule has 1 unspecified atom stereocenters. The van der Waals surface area contributed by atoms with Crippen LogP contribution in [0.3, 0.4) is 0 Å². The van der Waals surface area contributed by atoms with Crippen LogP contribution in [0.2, 0.25) is 0 Å². The molecule has 1 aromatic carbocycles. The van der Waals surface area contributed by atoms with E-state index in [0.29, 0.717) is 0 Å². The third-order valence-corrected chi connectivity index (χ3v) is 4.04. The van der Waals surface area contributed by atoms with E-state index in [9.17, 15) is 4.39 Å². The van der Waals surface area contributed by atoms with Crippen LogP contribution in [-0.4, -0.2) is 9.97 Å². The summed E-state index contributed by atoms with van der Waals surface area (Å²) in [6, 6.07) is 6.49. The van der Waals surface area contributed by atoms with Crippen molar-refractivity contribution in [3.05, 3.63) is 59.2 Å². The molecule has 0 saturated carbocycles. The third kappa shape index (κ3) is 2.33. The second-order valence-electron chi connectivity index (χ2n) is 4.10. The highest BCUT2D eigenvalue weighted by Crippen LogP contribution is 2.32.